The van der Waals surface area contributed by atoms with Crippen LogP contribution in [0.1, 0.15) is 18.4 Å². The molecule has 19 heavy (non-hydrogen) atoms. The second-order valence-corrected chi connectivity index (χ2v) is 4.03. The van der Waals surface area contributed by atoms with Crippen LogP contribution in [0.5, 0.6) is 0 Å². The highest BCUT2D eigenvalue weighted by Crippen LogP contribution is 2.03. The van der Waals surface area contributed by atoms with E-state index in [1.165, 1.54) is 0 Å². The molecule has 0 unspecified atom stereocenters. The molecule has 0 radical (unpaired) electrons. The van der Waals surface area contributed by atoms with Crippen LogP contribution >= 0.6 is 0 Å². The van der Waals surface area contributed by atoms with Gasteiger partial charge in [-0.15, -0.1) is 6.58 Å². The molecule has 1 amide bonds. The Balaban J connectivity index is 2.39. The Morgan fingerprint density at radius 3 is 2.63 bits per heavy atom. The number of amides is 1. The van der Waals surface area contributed by atoms with E-state index < -0.39 is 18.1 Å². The number of carboxylic acid groups (broad SMARTS) is 1. The predicted octanol–water partition coefficient (Wildman–Crippen LogP) is 2.33. The summed E-state index contributed by atoms with van der Waals surface area (Å²) in [7, 11) is 0. The number of aliphatic carboxylic acids is 1. The summed E-state index contributed by atoms with van der Waals surface area (Å²) in [5, 5.41) is 11.2. The first-order valence-electron chi connectivity index (χ1n) is 5.91. The van der Waals surface area contributed by atoms with E-state index in [0.29, 0.717) is 6.42 Å². The molecule has 1 aromatic rings. The lowest BCUT2D eigenvalue weighted by Gasteiger charge is -2.15. The molecule has 0 heterocycles. The Bertz CT molecular complexity index is 430. The van der Waals surface area contributed by atoms with Gasteiger partial charge in [-0.1, -0.05) is 36.4 Å². The van der Waals surface area contributed by atoms with Gasteiger partial charge in [0, 0.05) is 6.04 Å². The number of carboxylic acids is 1. The summed E-state index contributed by atoms with van der Waals surface area (Å²) in [5.74, 6) is -0.977. The van der Waals surface area contributed by atoms with Gasteiger partial charge in [-0.25, -0.2) is 4.79 Å². The molecule has 0 aromatic heterocycles. The zero-order chi connectivity index (χ0) is 14.1. The highest BCUT2D eigenvalue weighted by atomic mass is 16.5. The van der Waals surface area contributed by atoms with E-state index in [4.69, 9.17) is 9.84 Å². The van der Waals surface area contributed by atoms with Gasteiger partial charge in [0.15, 0.2) is 0 Å². The fraction of sp³-hybridized carbons (Fsp3) is 0.286. The lowest BCUT2D eigenvalue weighted by atomic mass is 10.1. The maximum atomic E-state index is 11.5. The number of alkyl carbamates (subject to hydrolysis) is 1. The van der Waals surface area contributed by atoms with Crippen LogP contribution in [0, 0.1) is 0 Å². The Kier molecular flexibility index (Phi) is 6.15. The second-order valence-electron chi connectivity index (χ2n) is 4.03. The maximum Gasteiger partial charge on any atom is 0.407 e. The monoisotopic (exact) mass is 263 g/mol. The second kappa shape index (κ2) is 7.92. The minimum absolute atomic E-state index is 0.153. The van der Waals surface area contributed by atoms with Crippen molar-refractivity contribution in [3.8, 4) is 0 Å². The average molecular weight is 263 g/mol. The zero-order valence-electron chi connectivity index (χ0n) is 10.5. The quantitative estimate of drug-likeness (QED) is 0.740. The lowest BCUT2D eigenvalue weighted by molar-refractivity contribution is -0.137. The molecule has 102 valence electrons. The molecule has 1 rings (SSSR count). The Morgan fingerprint density at radius 1 is 1.37 bits per heavy atom. The minimum atomic E-state index is -0.977. The summed E-state index contributed by atoms with van der Waals surface area (Å²) in [4.78, 5) is 22.1. The van der Waals surface area contributed by atoms with Crippen molar-refractivity contribution in [2.24, 2.45) is 0 Å². The van der Waals surface area contributed by atoms with Crippen LogP contribution in [0.15, 0.2) is 43.0 Å². The Hall–Kier alpha value is -2.30. The van der Waals surface area contributed by atoms with E-state index >= 15 is 0 Å². The molecular formula is C14H17NO4. The lowest BCUT2D eigenvalue weighted by Crippen LogP contribution is -2.36. The van der Waals surface area contributed by atoms with Gasteiger partial charge in [-0.3, -0.25) is 4.79 Å². The van der Waals surface area contributed by atoms with Gasteiger partial charge in [0.2, 0.25) is 0 Å². The Labute approximate surface area is 111 Å². The molecule has 1 atom stereocenters. The normalized spacial score (nSPS) is 11.4. The molecule has 5 heteroatoms. The van der Waals surface area contributed by atoms with Crippen molar-refractivity contribution >= 4 is 12.1 Å². The SMILES string of the molecule is C=CC[C@H](CC(=O)O)NC(=O)OCc1ccccc1. The summed E-state index contributed by atoms with van der Waals surface area (Å²) < 4.78 is 5.01. The van der Waals surface area contributed by atoms with Crippen LogP contribution in [0.3, 0.4) is 0 Å². The van der Waals surface area contributed by atoms with Gasteiger partial charge in [0.05, 0.1) is 6.42 Å². The first-order chi connectivity index (χ1) is 9.11. The van der Waals surface area contributed by atoms with Gasteiger partial charge in [-0.2, -0.15) is 0 Å². The van der Waals surface area contributed by atoms with Crippen LogP contribution in [0.2, 0.25) is 0 Å². The molecule has 0 aliphatic rings. The van der Waals surface area contributed by atoms with Crippen molar-refractivity contribution in [3.05, 3.63) is 48.6 Å². The standard InChI is InChI=1S/C14H17NO4/c1-2-6-12(9-13(16)17)15-14(18)19-10-11-7-4-3-5-8-11/h2-5,7-8,12H,1,6,9-10H2,(H,15,18)(H,16,17)/t12-/m1/s1. The first kappa shape index (κ1) is 14.8. The van der Waals surface area contributed by atoms with Crippen LogP contribution in [-0.2, 0) is 16.1 Å². The van der Waals surface area contributed by atoms with Gasteiger partial charge in [0.1, 0.15) is 6.61 Å². The van der Waals surface area contributed by atoms with Crippen molar-refractivity contribution < 1.29 is 19.4 Å². The van der Waals surface area contributed by atoms with Crippen LogP contribution < -0.4 is 5.32 Å². The molecule has 0 aliphatic heterocycles. The number of nitrogens with one attached hydrogen (secondary N) is 1. The van der Waals surface area contributed by atoms with Crippen LogP contribution in [0.25, 0.3) is 0 Å². The van der Waals surface area contributed by atoms with Gasteiger partial charge >= 0.3 is 12.1 Å². The molecule has 1 aromatic carbocycles. The fourth-order valence-corrected chi connectivity index (χ4v) is 1.54. The first-order valence-corrected chi connectivity index (χ1v) is 5.91. The highest BCUT2D eigenvalue weighted by Gasteiger charge is 2.15. The molecule has 0 fully saturated rings. The van der Waals surface area contributed by atoms with E-state index in [-0.39, 0.29) is 13.0 Å². The summed E-state index contributed by atoms with van der Waals surface area (Å²) in [6.45, 7) is 3.68. The molecule has 5 nitrogen and oxygen atoms in total. The van der Waals surface area contributed by atoms with E-state index in [9.17, 15) is 9.59 Å². The minimum Gasteiger partial charge on any atom is -0.481 e. The largest absolute Gasteiger partial charge is 0.481 e. The number of carbonyl (C=O) groups is 2. The number of hydrogen-bond donors (Lipinski definition) is 2. The number of hydrogen-bond acceptors (Lipinski definition) is 3. The predicted molar refractivity (Wildman–Crippen MR) is 70.6 cm³/mol. The summed E-state index contributed by atoms with van der Waals surface area (Å²) in [5.41, 5.74) is 0.871. The zero-order valence-corrected chi connectivity index (χ0v) is 10.5. The van der Waals surface area contributed by atoms with E-state index in [1.54, 1.807) is 6.08 Å². The molecule has 0 saturated carbocycles. The van der Waals surface area contributed by atoms with E-state index in [2.05, 4.69) is 11.9 Å². The topological polar surface area (TPSA) is 75.6 Å². The smallest absolute Gasteiger partial charge is 0.407 e. The number of benzene rings is 1. The number of carbonyl (C=O) groups excluding carboxylic acids is 1. The average Bonchev–Trinajstić information content (AvgIpc) is 2.37. The summed E-state index contributed by atoms with van der Waals surface area (Å²) in [6.07, 6.45) is 1.15. The maximum absolute atomic E-state index is 11.5. The van der Waals surface area contributed by atoms with Crippen molar-refractivity contribution in [2.75, 3.05) is 0 Å². The van der Waals surface area contributed by atoms with Gasteiger partial charge < -0.3 is 15.2 Å². The van der Waals surface area contributed by atoms with Crippen molar-refractivity contribution in [2.45, 2.75) is 25.5 Å². The van der Waals surface area contributed by atoms with Crippen LogP contribution in [-0.4, -0.2) is 23.2 Å². The Morgan fingerprint density at radius 2 is 2.05 bits per heavy atom. The molecule has 0 spiro atoms. The summed E-state index contributed by atoms with van der Waals surface area (Å²) in [6, 6.07) is 8.75. The van der Waals surface area contributed by atoms with Gasteiger partial charge in [-0.05, 0) is 12.0 Å². The van der Waals surface area contributed by atoms with Crippen molar-refractivity contribution in [3.63, 3.8) is 0 Å². The molecule has 0 aliphatic carbocycles. The third kappa shape index (κ3) is 6.26. The number of rotatable bonds is 7. The fourth-order valence-electron chi connectivity index (χ4n) is 1.54. The summed E-state index contributed by atoms with van der Waals surface area (Å²) >= 11 is 0. The molecule has 0 saturated heterocycles. The third-order valence-corrected chi connectivity index (χ3v) is 2.41. The molecular weight excluding hydrogens is 246 g/mol. The van der Waals surface area contributed by atoms with E-state index in [0.717, 1.165) is 5.56 Å². The van der Waals surface area contributed by atoms with Crippen molar-refractivity contribution in [1.29, 1.82) is 0 Å². The van der Waals surface area contributed by atoms with Crippen LogP contribution in [0.4, 0.5) is 4.79 Å². The van der Waals surface area contributed by atoms with Crippen molar-refractivity contribution in [1.82, 2.24) is 5.32 Å². The molecule has 0 bridgehead atoms. The number of ether oxygens (including phenoxy) is 1. The molecule has 2 N–H and O–H groups in total. The van der Waals surface area contributed by atoms with Gasteiger partial charge in [0.25, 0.3) is 0 Å². The van der Waals surface area contributed by atoms with E-state index in [1.807, 2.05) is 30.3 Å². The highest BCUT2D eigenvalue weighted by molar-refractivity contribution is 5.71. The third-order valence-electron chi connectivity index (χ3n) is 2.41.